The molecule has 0 saturated carbocycles. The van der Waals surface area contributed by atoms with Gasteiger partial charge in [-0.1, -0.05) is 23.4 Å². The fourth-order valence-corrected chi connectivity index (χ4v) is 1.34. The summed E-state index contributed by atoms with van der Waals surface area (Å²) in [4.78, 5) is 0. The number of rotatable bonds is 2. The molecule has 1 aromatic carbocycles. The highest BCUT2D eigenvalue weighted by Gasteiger charge is 2.04. The maximum Gasteiger partial charge on any atom is 0.146 e. The molecule has 1 aromatic heterocycles. The lowest BCUT2D eigenvalue weighted by Crippen LogP contribution is -2.13. The van der Waals surface area contributed by atoms with E-state index in [2.05, 4.69) is 5.16 Å². The first kappa shape index (κ1) is 8.62. The van der Waals surface area contributed by atoms with Crippen LogP contribution in [0.4, 0.5) is 0 Å². The average Bonchev–Trinajstić information content (AvgIpc) is 2.59. The molecule has 0 aliphatic carbocycles. The van der Waals surface area contributed by atoms with Crippen LogP contribution in [0.3, 0.4) is 0 Å². The summed E-state index contributed by atoms with van der Waals surface area (Å²) in [5, 5.41) is 12.3. The van der Waals surface area contributed by atoms with Crippen molar-refractivity contribution >= 4 is 16.8 Å². The molecule has 0 bridgehead atoms. The molecular formula is C10H10N2O2. The van der Waals surface area contributed by atoms with E-state index < -0.39 is 0 Å². The highest BCUT2D eigenvalue weighted by molar-refractivity contribution is 5.84. The molecular weight excluding hydrogens is 180 g/mol. The number of hydrogen-bond donors (Lipinski definition) is 2. The Hall–Kier alpha value is -1.97. The largest absolute Gasteiger partial charge is 0.461 e. The van der Waals surface area contributed by atoms with Crippen LogP contribution in [0.15, 0.2) is 39.9 Å². The number of hydrogen-bond acceptors (Lipinski definition) is 3. The molecule has 0 aliphatic rings. The molecule has 0 amide bonds. The van der Waals surface area contributed by atoms with Crippen molar-refractivity contribution in [2.75, 3.05) is 0 Å². The Morgan fingerprint density at radius 1 is 1.43 bits per heavy atom. The van der Waals surface area contributed by atoms with E-state index in [1.807, 2.05) is 30.3 Å². The molecule has 0 fully saturated rings. The second kappa shape index (κ2) is 3.41. The van der Waals surface area contributed by atoms with Crippen molar-refractivity contribution in [2.45, 2.75) is 6.42 Å². The molecule has 3 N–H and O–H groups in total. The first-order valence-corrected chi connectivity index (χ1v) is 4.23. The fraction of sp³-hybridized carbons (Fsp3) is 0.100. The van der Waals surface area contributed by atoms with Gasteiger partial charge in [-0.15, -0.1) is 0 Å². The molecule has 0 radical (unpaired) electrons. The molecule has 0 spiro atoms. The smallest absolute Gasteiger partial charge is 0.146 e. The van der Waals surface area contributed by atoms with Gasteiger partial charge in [0.1, 0.15) is 17.2 Å². The number of furan rings is 1. The summed E-state index contributed by atoms with van der Waals surface area (Å²) in [6.07, 6.45) is 0.325. The first-order chi connectivity index (χ1) is 6.79. The summed E-state index contributed by atoms with van der Waals surface area (Å²) in [5.74, 6) is 0.838. The molecule has 4 heteroatoms. The number of nitrogens with zero attached hydrogens (tertiary/aromatic N) is 1. The second-order valence-corrected chi connectivity index (χ2v) is 3.02. The predicted octanol–water partition coefficient (Wildman–Crippen LogP) is 1.72. The van der Waals surface area contributed by atoms with Gasteiger partial charge in [0, 0.05) is 5.39 Å². The monoisotopic (exact) mass is 190 g/mol. The van der Waals surface area contributed by atoms with Gasteiger partial charge in [-0.25, -0.2) is 0 Å². The Labute approximate surface area is 80.6 Å². The Bertz CT molecular complexity index is 441. The zero-order valence-corrected chi connectivity index (χ0v) is 7.47. The van der Waals surface area contributed by atoms with E-state index in [4.69, 9.17) is 15.4 Å². The first-order valence-electron chi connectivity index (χ1n) is 4.23. The van der Waals surface area contributed by atoms with E-state index in [-0.39, 0.29) is 5.84 Å². The molecule has 0 atom stereocenters. The molecule has 0 saturated heterocycles. The normalized spacial score (nSPS) is 12.1. The second-order valence-electron chi connectivity index (χ2n) is 3.02. The highest BCUT2D eigenvalue weighted by atomic mass is 16.4. The van der Waals surface area contributed by atoms with Crippen molar-refractivity contribution in [3.05, 3.63) is 36.1 Å². The van der Waals surface area contributed by atoms with E-state index in [1.54, 1.807) is 0 Å². The van der Waals surface area contributed by atoms with Crippen molar-refractivity contribution in [2.24, 2.45) is 10.9 Å². The Kier molecular flexibility index (Phi) is 2.10. The third-order valence-electron chi connectivity index (χ3n) is 1.96. The van der Waals surface area contributed by atoms with Crippen molar-refractivity contribution in [3.63, 3.8) is 0 Å². The third kappa shape index (κ3) is 1.54. The van der Waals surface area contributed by atoms with Gasteiger partial charge in [-0.2, -0.15) is 0 Å². The number of fused-ring (bicyclic) bond motifs is 1. The number of oxime groups is 1. The van der Waals surface area contributed by atoms with Crippen LogP contribution in [0, 0.1) is 0 Å². The van der Waals surface area contributed by atoms with E-state index in [9.17, 15) is 0 Å². The van der Waals surface area contributed by atoms with Crippen LogP contribution in [0.5, 0.6) is 0 Å². The van der Waals surface area contributed by atoms with E-state index >= 15 is 0 Å². The minimum atomic E-state index is 0.143. The molecule has 14 heavy (non-hydrogen) atoms. The molecule has 1 heterocycles. The van der Waals surface area contributed by atoms with Crippen LogP contribution in [-0.2, 0) is 6.42 Å². The third-order valence-corrected chi connectivity index (χ3v) is 1.96. The number of nitrogens with two attached hydrogens (primary N) is 1. The van der Waals surface area contributed by atoms with Crippen LogP contribution in [0.1, 0.15) is 5.76 Å². The molecule has 4 nitrogen and oxygen atoms in total. The molecule has 72 valence electrons. The SMILES string of the molecule is N/C(Cc1cc2ccccc2o1)=N\O. The Balaban J connectivity index is 2.36. The van der Waals surface area contributed by atoms with Gasteiger partial charge in [0.25, 0.3) is 0 Å². The van der Waals surface area contributed by atoms with Gasteiger partial charge in [0.2, 0.25) is 0 Å². The minimum Gasteiger partial charge on any atom is -0.461 e. The average molecular weight is 190 g/mol. The van der Waals surface area contributed by atoms with Crippen LogP contribution in [0.2, 0.25) is 0 Å². The van der Waals surface area contributed by atoms with Gasteiger partial charge < -0.3 is 15.4 Å². The van der Waals surface area contributed by atoms with E-state index in [0.717, 1.165) is 11.0 Å². The van der Waals surface area contributed by atoms with Crippen LogP contribution in [-0.4, -0.2) is 11.0 Å². The van der Waals surface area contributed by atoms with Gasteiger partial charge in [-0.05, 0) is 12.1 Å². The van der Waals surface area contributed by atoms with Crippen molar-refractivity contribution in [1.29, 1.82) is 0 Å². The minimum absolute atomic E-state index is 0.143. The van der Waals surface area contributed by atoms with Crippen LogP contribution < -0.4 is 5.73 Å². The lowest BCUT2D eigenvalue weighted by atomic mass is 10.2. The molecule has 2 rings (SSSR count). The number of benzene rings is 1. The zero-order chi connectivity index (χ0) is 9.97. The Morgan fingerprint density at radius 3 is 2.93 bits per heavy atom. The molecule has 2 aromatic rings. The summed E-state index contributed by atoms with van der Waals surface area (Å²) in [6, 6.07) is 9.55. The number of para-hydroxylation sites is 1. The van der Waals surface area contributed by atoms with Crippen molar-refractivity contribution < 1.29 is 9.62 Å². The maximum absolute atomic E-state index is 8.39. The van der Waals surface area contributed by atoms with Gasteiger partial charge in [0.05, 0.1) is 6.42 Å². The number of amidine groups is 1. The summed E-state index contributed by atoms with van der Waals surface area (Å²) in [5.41, 5.74) is 6.18. The van der Waals surface area contributed by atoms with Crippen LogP contribution >= 0.6 is 0 Å². The predicted molar refractivity (Wildman–Crippen MR) is 53.3 cm³/mol. The quantitative estimate of drug-likeness (QED) is 0.328. The summed E-state index contributed by atoms with van der Waals surface area (Å²) < 4.78 is 5.47. The fourth-order valence-electron chi connectivity index (χ4n) is 1.34. The topological polar surface area (TPSA) is 71.8 Å². The maximum atomic E-state index is 8.39. The zero-order valence-electron chi connectivity index (χ0n) is 7.47. The van der Waals surface area contributed by atoms with E-state index in [1.165, 1.54) is 0 Å². The van der Waals surface area contributed by atoms with E-state index in [0.29, 0.717) is 12.2 Å². The lowest BCUT2D eigenvalue weighted by molar-refractivity contribution is 0.317. The van der Waals surface area contributed by atoms with Crippen LogP contribution in [0.25, 0.3) is 11.0 Å². The molecule has 0 aliphatic heterocycles. The standard InChI is InChI=1S/C10H10N2O2/c11-10(12-13)6-8-5-7-3-1-2-4-9(7)14-8/h1-5,13H,6H2,(H2,11,12). The lowest BCUT2D eigenvalue weighted by Gasteiger charge is -1.91. The van der Waals surface area contributed by atoms with Gasteiger partial charge in [0.15, 0.2) is 0 Å². The van der Waals surface area contributed by atoms with Crippen molar-refractivity contribution in [1.82, 2.24) is 0 Å². The van der Waals surface area contributed by atoms with Gasteiger partial charge >= 0.3 is 0 Å². The highest BCUT2D eigenvalue weighted by Crippen LogP contribution is 2.18. The molecule has 0 unspecified atom stereocenters. The summed E-state index contributed by atoms with van der Waals surface area (Å²) >= 11 is 0. The van der Waals surface area contributed by atoms with Crippen molar-refractivity contribution in [3.8, 4) is 0 Å². The summed E-state index contributed by atoms with van der Waals surface area (Å²) in [6.45, 7) is 0. The van der Waals surface area contributed by atoms with Gasteiger partial charge in [-0.3, -0.25) is 0 Å². The Morgan fingerprint density at radius 2 is 2.21 bits per heavy atom. The summed E-state index contributed by atoms with van der Waals surface area (Å²) in [7, 11) is 0.